The van der Waals surface area contributed by atoms with Gasteiger partial charge in [0.25, 0.3) is 0 Å². The zero-order valence-electron chi connectivity index (χ0n) is 9.34. The average molecular weight is 347 g/mol. The van der Waals surface area contributed by atoms with E-state index in [2.05, 4.69) is 42.6 Å². The van der Waals surface area contributed by atoms with Crippen molar-refractivity contribution in [2.45, 2.75) is 0 Å². The highest BCUT2D eigenvalue weighted by molar-refractivity contribution is 14.1. The molecule has 1 amide bonds. The molecule has 0 radical (unpaired) electrons. The van der Waals surface area contributed by atoms with Crippen molar-refractivity contribution < 1.29 is 4.79 Å². The van der Waals surface area contributed by atoms with E-state index in [4.69, 9.17) is 5.73 Å². The Balaban J connectivity index is 1.90. The fourth-order valence-electron chi connectivity index (χ4n) is 1.83. The van der Waals surface area contributed by atoms with Gasteiger partial charge in [0.2, 0.25) is 5.91 Å². The number of anilines is 1. The van der Waals surface area contributed by atoms with Crippen molar-refractivity contribution in [3.8, 4) is 0 Å². The molecule has 2 heterocycles. The zero-order valence-corrected chi connectivity index (χ0v) is 11.5. The van der Waals surface area contributed by atoms with Gasteiger partial charge in [0, 0.05) is 26.2 Å². The van der Waals surface area contributed by atoms with Gasteiger partial charge in [-0.2, -0.15) is 0 Å². The molecule has 0 spiro atoms. The highest BCUT2D eigenvalue weighted by Crippen LogP contribution is 2.13. The molecule has 0 aliphatic carbocycles. The Morgan fingerprint density at radius 1 is 1.29 bits per heavy atom. The Hall–Kier alpha value is -0.960. The lowest BCUT2D eigenvalue weighted by molar-refractivity contribution is -0.119. The van der Waals surface area contributed by atoms with E-state index < -0.39 is 0 Å². The van der Waals surface area contributed by atoms with Crippen LogP contribution in [0, 0.1) is 3.70 Å². The summed E-state index contributed by atoms with van der Waals surface area (Å²) in [5.41, 5.74) is 5.17. The average Bonchev–Trinajstić information content (AvgIpc) is 2.30. The summed E-state index contributed by atoms with van der Waals surface area (Å²) in [5, 5.41) is 8.18. The molecule has 2 N–H and O–H groups in total. The molecule has 1 aliphatic rings. The summed E-state index contributed by atoms with van der Waals surface area (Å²) < 4.78 is 0.888. The number of halogens is 1. The van der Waals surface area contributed by atoms with Gasteiger partial charge < -0.3 is 10.6 Å². The van der Waals surface area contributed by atoms with Gasteiger partial charge in [-0.15, -0.1) is 10.2 Å². The first-order chi connectivity index (χ1) is 8.15. The number of rotatable bonds is 3. The lowest BCUT2D eigenvalue weighted by atomic mass is 10.3. The molecule has 1 aromatic heterocycles. The minimum atomic E-state index is -0.271. The summed E-state index contributed by atoms with van der Waals surface area (Å²) in [4.78, 5) is 15.0. The van der Waals surface area contributed by atoms with Crippen molar-refractivity contribution in [3.05, 3.63) is 15.8 Å². The van der Waals surface area contributed by atoms with Gasteiger partial charge in [0.15, 0.2) is 5.82 Å². The van der Waals surface area contributed by atoms with Crippen molar-refractivity contribution in [1.29, 1.82) is 0 Å². The summed E-state index contributed by atoms with van der Waals surface area (Å²) in [7, 11) is 0. The number of nitrogens with two attached hydrogens (primary N) is 1. The van der Waals surface area contributed by atoms with Gasteiger partial charge in [-0.3, -0.25) is 9.69 Å². The second kappa shape index (κ2) is 5.58. The Morgan fingerprint density at radius 2 is 2.00 bits per heavy atom. The minimum Gasteiger partial charge on any atom is -0.369 e. The SMILES string of the molecule is NC(=O)CN1CCN(c2ccc(I)nn2)CC1. The summed E-state index contributed by atoms with van der Waals surface area (Å²) in [6.45, 7) is 3.70. The monoisotopic (exact) mass is 347 g/mol. The lowest BCUT2D eigenvalue weighted by Gasteiger charge is -2.34. The molecule has 0 aromatic carbocycles. The summed E-state index contributed by atoms with van der Waals surface area (Å²) in [6, 6.07) is 3.91. The molecular formula is C10H14IN5O. The third kappa shape index (κ3) is 3.50. The predicted octanol–water partition coefficient (Wildman–Crippen LogP) is -0.311. The molecule has 1 fully saturated rings. The van der Waals surface area contributed by atoms with E-state index in [1.165, 1.54) is 0 Å². The van der Waals surface area contributed by atoms with E-state index in [1.54, 1.807) is 0 Å². The number of hydrogen-bond donors (Lipinski definition) is 1. The highest BCUT2D eigenvalue weighted by atomic mass is 127. The molecule has 7 heteroatoms. The number of amides is 1. The van der Waals surface area contributed by atoms with Gasteiger partial charge in [-0.05, 0) is 34.7 Å². The van der Waals surface area contributed by atoms with E-state index in [0.717, 1.165) is 35.7 Å². The van der Waals surface area contributed by atoms with Gasteiger partial charge >= 0.3 is 0 Å². The maximum absolute atomic E-state index is 10.8. The van der Waals surface area contributed by atoms with Crippen LogP contribution in [0.3, 0.4) is 0 Å². The molecule has 0 saturated carbocycles. The van der Waals surface area contributed by atoms with Crippen LogP contribution in [0.4, 0.5) is 5.82 Å². The molecule has 1 saturated heterocycles. The summed E-state index contributed by atoms with van der Waals surface area (Å²) in [6.07, 6.45) is 0. The molecule has 2 rings (SSSR count). The van der Waals surface area contributed by atoms with E-state index in [1.807, 2.05) is 12.1 Å². The van der Waals surface area contributed by atoms with E-state index in [0.29, 0.717) is 6.54 Å². The van der Waals surface area contributed by atoms with Gasteiger partial charge in [-0.1, -0.05) is 0 Å². The van der Waals surface area contributed by atoms with Crippen LogP contribution in [0.15, 0.2) is 12.1 Å². The fourth-order valence-corrected chi connectivity index (χ4v) is 2.12. The van der Waals surface area contributed by atoms with Gasteiger partial charge in [0.1, 0.15) is 3.70 Å². The number of hydrogen-bond acceptors (Lipinski definition) is 5. The van der Waals surface area contributed by atoms with Crippen LogP contribution in [0.1, 0.15) is 0 Å². The van der Waals surface area contributed by atoms with E-state index >= 15 is 0 Å². The molecule has 0 atom stereocenters. The Kier molecular flexibility index (Phi) is 4.11. The van der Waals surface area contributed by atoms with Gasteiger partial charge in [-0.25, -0.2) is 0 Å². The van der Waals surface area contributed by atoms with E-state index in [-0.39, 0.29) is 5.91 Å². The lowest BCUT2D eigenvalue weighted by Crippen LogP contribution is -2.49. The first-order valence-corrected chi connectivity index (χ1v) is 6.48. The molecular weight excluding hydrogens is 333 g/mol. The molecule has 6 nitrogen and oxygen atoms in total. The third-order valence-electron chi connectivity index (χ3n) is 2.69. The fraction of sp³-hybridized carbons (Fsp3) is 0.500. The number of primary amides is 1. The Morgan fingerprint density at radius 3 is 2.53 bits per heavy atom. The molecule has 1 aliphatic heterocycles. The van der Waals surface area contributed by atoms with Crippen LogP contribution < -0.4 is 10.6 Å². The topological polar surface area (TPSA) is 75.4 Å². The quantitative estimate of drug-likeness (QED) is 0.760. The Bertz CT molecular complexity index is 388. The second-order valence-corrected chi connectivity index (χ2v) is 5.05. The molecule has 17 heavy (non-hydrogen) atoms. The number of carbonyl (C=O) groups excluding carboxylic acids is 1. The smallest absolute Gasteiger partial charge is 0.231 e. The van der Waals surface area contributed by atoms with Crippen molar-refractivity contribution in [2.24, 2.45) is 5.73 Å². The van der Waals surface area contributed by atoms with Crippen molar-refractivity contribution in [3.63, 3.8) is 0 Å². The molecule has 1 aromatic rings. The Labute approximate surface area is 113 Å². The van der Waals surface area contributed by atoms with Crippen molar-refractivity contribution in [2.75, 3.05) is 37.6 Å². The number of carbonyl (C=O) groups is 1. The van der Waals surface area contributed by atoms with Gasteiger partial charge in [0.05, 0.1) is 6.54 Å². The molecule has 0 unspecified atom stereocenters. The first-order valence-electron chi connectivity index (χ1n) is 5.40. The van der Waals surface area contributed by atoms with Crippen LogP contribution in [-0.4, -0.2) is 53.7 Å². The third-order valence-corrected chi connectivity index (χ3v) is 3.27. The van der Waals surface area contributed by atoms with Crippen LogP contribution in [-0.2, 0) is 4.79 Å². The molecule has 0 bridgehead atoms. The predicted molar refractivity (Wildman–Crippen MR) is 72.6 cm³/mol. The number of nitrogens with zero attached hydrogens (tertiary/aromatic N) is 4. The standard InChI is InChI=1S/C10H14IN5O/c11-8-1-2-10(14-13-8)16-5-3-15(4-6-16)7-9(12)17/h1-2H,3-7H2,(H2,12,17). The maximum atomic E-state index is 10.8. The largest absolute Gasteiger partial charge is 0.369 e. The van der Waals surface area contributed by atoms with Crippen LogP contribution in [0.5, 0.6) is 0 Å². The van der Waals surface area contributed by atoms with Crippen molar-refractivity contribution >= 4 is 34.3 Å². The second-order valence-electron chi connectivity index (χ2n) is 3.94. The van der Waals surface area contributed by atoms with E-state index in [9.17, 15) is 4.79 Å². The summed E-state index contributed by atoms with van der Waals surface area (Å²) in [5.74, 6) is 0.622. The minimum absolute atomic E-state index is 0.271. The first kappa shape index (κ1) is 12.5. The normalized spacial score (nSPS) is 17.1. The van der Waals surface area contributed by atoms with Crippen molar-refractivity contribution in [1.82, 2.24) is 15.1 Å². The maximum Gasteiger partial charge on any atom is 0.231 e. The number of aromatic nitrogens is 2. The zero-order chi connectivity index (χ0) is 12.3. The van der Waals surface area contributed by atoms with Crippen LogP contribution in [0.2, 0.25) is 0 Å². The summed E-state index contributed by atoms with van der Waals surface area (Å²) >= 11 is 2.13. The van der Waals surface area contributed by atoms with Crippen LogP contribution >= 0.6 is 22.6 Å². The molecule has 92 valence electrons. The highest BCUT2D eigenvalue weighted by Gasteiger charge is 2.19. The van der Waals surface area contributed by atoms with Crippen LogP contribution in [0.25, 0.3) is 0 Å². The number of piperazine rings is 1.